The van der Waals surface area contributed by atoms with E-state index >= 15 is 0 Å². The lowest BCUT2D eigenvalue weighted by Gasteiger charge is -2.33. The van der Waals surface area contributed by atoms with Gasteiger partial charge in [-0.1, -0.05) is 12.1 Å². The van der Waals surface area contributed by atoms with E-state index in [1.165, 1.54) is 16.4 Å². The van der Waals surface area contributed by atoms with Crippen LogP contribution in [-0.2, 0) is 14.8 Å². The van der Waals surface area contributed by atoms with Gasteiger partial charge in [-0.05, 0) is 24.3 Å². The SMILES string of the molecule is NC(=O)c1ccc(S(=O)(=O)N2CCN(CC(=O)NCC3COc4ccccc4O3)CC2)o1. The van der Waals surface area contributed by atoms with Crippen molar-refractivity contribution in [1.82, 2.24) is 14.5 Å². The van der Waals surface area contributed by atoms with Crippen LogP contribution in [0.5, 0.6) is 11.5 Å². The van der Waals surface area contributed by atoms with Crippen LogP contribution in [0.3, 0.4) is 0 Å². The average Bonchev–Trinajstić information content (AvgIpc) is 3.30. The summed E-state index contributed by atoms with van der Waals surface area (Å²) in [5.41, 5.74) is 5.11. The maximum absolute atomic E-state index is 12.7. The molecule has 0 spiro atoms. The van der Waals surface area contributed by atoms with Gasteiger partial charge in [0, 0.05) is 26.2 Å². The van der Waals surface area contributed by atoms with Crippen LogP contribution >= 0.6 is 0 Å². The second-order valence-corrected chi connectivity index (χ2v) is 9.33. The van der Waals surface area contributed by atoms with Crippen molar-refractivity contribution >= 4 is 21.8 Å². The van der Waals surface area contributed by atoms with Gasteiger partial charge in [-0.2, -0.15) is 4.31 Å². The van der Waals surface area contributed by atoms with Crippen molar-refractivity contribution in [3.05, 3.63) is 42.2 Å². The topological polar surface area (TPSA) is 144 Å². The van der Waals surface area contributed by atoms with E-state index in [9.17, 15) is 18.0 Å². The van der Waals surface area contributed by atoms with E-state index in [1.807, 2.05) is 29.2 Å². The molecule has 0 radical (unpaired) electrons. The highest BCUT2D eigenvalue weighted by molar-refractivity contribution is 7.89. The largest absolute Gasteiger partial charge is 0.486 e. The molecule has 2 aliphatic rings. The first kappa shape index (κ1) is 22.1. The molecule has 0 saturated carbocycles. The van der Waals surface area contributed by atoms with E-state index in [0.717, 1.165) is 0 Å². The zero-order chi connectivity index (χ0) is 22.7. The maximum atomic E-state index is 12.7. The second-order valence-electron chi connectivity index (χ2n) is 7.46. The Morgan fingerprint density at radius 2 is 1.78 bits per heavy atom. The number of fused-ring (bicyclic) bond motifs is 1. The molecule has 1 unspecified atom stereocenters. The normalized spacial score (nSPS) is 19.4. The molecule has 0 bridgehead atoms. The third kappa shape index (κ3) is 4.87. The molecular weight excluding hydrogens is 440 g/mol. The number of para-hydroxylation sites is 2. The predicted octanol–water partition coefficient (Wildman–Crippen LogP) is -0.359. The first-order valence-electron chi connectivity index (χ1n) is 10.1. The lowest BCUT2D eigenvalue weighted by molar-refractivity contribution is -0.123. The van der Waals surface area contributed by atoms with Gasteiger partial charge in [-0.15, -0.1) is 0 Å². The van der Waals surface area contributed by atoms with Crippen LogP contribution in [0.1, 0.15) is 10.6 Å². The molecule has 2 aliphatic heterocycles. The minimum atomic E-state index is -3.87. The molecule has 12 heteroatoms. The first-order chi connectivity index (χ1) is 15.3. The van der Waals surface area contributed by atoms with Crippen LogP contribution in [0.4, 0.5) is 0 Å². The summed E-state index contributed by atoms with van der Waals surface area (Å²) in [7, 11) is -3.87. The average molecular weight is 465 g/mol. The van der Waals surface area contributed by atoms with Crippen LogP contribution < -0.4 is 20.5 Å². The molecule has 1 saturated heterocycles. The minimum Gasteiger partial charge on any atom is -0.486 e. The van der Waals surface area contributed by atoms with Crippen molar-refractivity contribution < 1.29 is 31.9 Å². The first-order valence-corrected chi connectivity index (χ1v) is 11.5. The molecule has 3 N–H and O–H groups in total. The Bertz CT molecular complexity index is 1090. The summed E-state index contributed by atoms with van der Waals surface area (Å²) < 4.78 is 43.1. The number of nitrogens with zero attached hydrogens (tertiary/aromatic N) is 2. The van der Waals surface area contributed by atoms with Crippen molar-refractivity contribution in [2.24, 2.45) is 5.73 Å². The Morgan fingerprint density at radius 3 is 2.47 bits per heavy atom. The van der Waals surface area contributed by atoms with Gasteiger partial charge in [0.05, 0.1) is 13.1 Å². The molecule has 0 aliphatic carbocycles. The molecule has 11 nitrogen and oxygen atoms in total. The lowest BCUT2D eigenvalue weighted by Crippen LogP contribution is -2.51. The van der Waals surface area contributed by atoms with Crippen LogP contribution in [0.15, 0.2) is 45.9 Å². The molecule has 1 aromatic carbocycles. The monoisotopic (exact) mass is 464 g/mol. The van der Waals surface area contributed by atoms with Gasteiger partial charge in [0.1, 0.15) is 12.7 Å². The van der Waals surface area contributed by atoms with Crippen LogP contribution in [-0.4, -0.2) is 81.4 Å². The third-order valence-corrected chi connectivity index (χ3v) is 6.98. The minimum absolute atomic E-state index is 0.143. The number of benzene rings is 1. The molecule has 172 valence electrons. The van der Waals surface area contributed by atoms with Crippen LogP contribution in [0, 0.1) is 0 Å². The van der Waals surface area contributed by atoms with Gasteiger partial charge in [0.2, 0.25) is 11.0 Å². The molecular formula is C20H24N4O7S. The summed E-state index contributed by atoms with van der Waals surface area (Å²) in [6.07, 6.45) is -0.283. The Morgan fingerprint density at radius 1 is 1.06 bits per heavy atom. The number of primary amides is 1. The van der Waals surface area contributed by atoms with E-state index in [0.29, 0.717) is 37.7 Å². The number of hydrogen-bond donors (Lipinski definition) is 2. The summed E-state index contributed by atoms with van der Waals surface area (Å²) in [5, 5.41) is 2.51. The van der Waals surface area contributed by atoms with Crippen molar-refractivity contribution in [3.8, 4) is 11.5 Å². The summed E-state index contributed by atoms with van der Waals surface area (Å²) in [5.74, 6) is 0.102. The highest BCUT2D eigenvalue weighted by atomic mass is 32.2. The second kappa shape index (κ2) is 9.18. The van der Waals surface area contributed by atoms with Gasteiger partial charge >= 0.3 is 0 Å². The van der Waals surface area contributed by atoms with Crippen LogP contribution in [0.2, 0.25) is 0 Å². The van der Waals surface area contributed by atoms with Gasteiger partial charge < -0.3 is 24.9 Å². The molecule has 3 heterocycles. The van der Waals surface area contributed by atoms with Gasteiger partial charge in [0.15, 0.2) is 17.3 Å². The summed E-state index contributed by atoms with van der Waals surface area (Å²) in [6.45, 7) is 1.95. The molecule has 1 atom stereocenters. The number of amides is 2. The number of ether oxygens (including phenoxy) is 2. The Balaban J connectivity index is 1.22. The summed E-state index contributed by atoms with van der Waals surface area (Å²) in [4.78, 5) is 25.3. The van der Waals surface area contributed by atoms with Crippen molar-refractivity contribution in [2.45, 2.75) is 11.2 Å². The highest BCUT2D eigenvalue weighted by Gasteiger charge is 2.32. The van der Waals surface area contributed by atoms with E-state index in [-0.39, 0.29) is 42.5 Å². The number of nitrogens with one attached hydrogen (secondary N) is 1. The summed E-state index contributed by atoms with van der Waals surface area (Å²) >= 11 is 0. The molecule has 32 heavy (non-hydrogen) atoms. The lowest BCUT2D eigenvalue weighted by atomic mass is 10.2. The smallest absolute Gasteiger partial charge is 0.284 e. The Labute approximate surface area is 185 Å². The van der Waals surface area contributed by atoms with Crippen molar-refractivity contribution in [3.63, 3.8) is 0 Å². The van der Waals surface area contributed by atoms with E-state index in [1.54, 1.807) is 0 Å². The fourth-order valence-corrected chi connectivity index (χ4v) is 4.83. The highest BCUT2D eigenvalue weighted by Crippen LogP contribution is 2.30. The Kier molecular flexibility index (Phi) is 6.35. The van der Waals surface area contributed by atoms with Crippen molar-refractivity contribution in [1.29, 1.82) is 0 Å². The maximum Gasteiger partial charge on any atom is 0.284 e. The zero-order valence-corrected chi connectivity index (χ0v) is 18.0. The number of carbonyl (C=O) groups is 2. The summed E-state index contributed by atoms with van der Waals surface area (Å²) in [6, 6.07) is 9.80. The quantitative estimate of drug-likeness (QED) is 0.565. The van der Waals surface area contributed by atoms with Crippen molar-refractivity contribution in [2.75, 3.05) is 45.9 Å². The standard InChI is InChI=1S/C20H24N4O7S/c21-20(26)17-5-6-19(31-17)32(27,28)24-9-7-23(8-10-24)12-18(25)22-11-14-13-29-15-3-1-2-4-16(15)30-14/h1-6,14H,7-13H2,(H2,21,26)(H,22,25). The number of nitrogens with two attached hydrogens (primary N) is 1. The molecule has 4 rings (SSSR count). The number of furan rings is 1. The molecule has 2 amide bonds. The van der Waals surface area contributed by atoms with Gasteiger partial charge in [-0.3, -0.25) is 14.5 Å². The molecule has 2 aromatic rings. The zero-order valence-electron chi connectivity index (χ0n) is 17.2. The fraction of sp³-hybridized carbons (Fsp3) is 0.400. The van der Waals surface area contributed by atoms with Gasteiger partial charge in [-0.25, -0.2) is 8.42 Å². The van der Waals surface area contributed by atoms with E-state index in [2.05, 4.69) is 5.32 Å². The number of carbonyl (C=O) groups excluding carboxylic acids is 2. The number of hydrogen-bond acceptors (Lipinski definition) is 8. The van der Waals surface area contributed by atoms with Gasteiger partial charge in [0.25, 0.3) is 15.9 Å². The predicted molar refractivity (Wildman–Crippen MR) is 112 cm³/mol. The number of rotatable bonds is 7. The Hall–Kier alpha value is -3.09. The number of sulfonamides is 1. The van der Waals surface area contributed by atoms with E-state index < -0.39 is 15.9 Å². The van der Waals surface area contributed by atoms with Crippen LogP contribution in [0.25, 0.3) is 0 Å². The van der Waals surface area contributed by atoms with E-state index in [4.69, 9.17) is 19.6 Å². The molecule has 1 aromatic heterocycles. The molecule has 1 fully saturated rings. The number of piperazine rings is 1. The fourth-order valence-electron chi connectivity index (χ4n) is 3.50. The third-order valence-electron chi connectivity index (χ3n) is 5.21.